The van der Waals surface area contributed by atoms with Crippen molar-refractivity contribution in [3.63, 3.8) is 0 Å². The standard InChI is InChI=1S/C14H21ClN2O2.ClH/c1-3-5-13(16)14(18)17(2)8-9-19-12-7-4-6-11(15)10-12;/h4,6-7,10,13H,3,5,8-9,16H2,1-2H3;1H. The van der Waals surface area contributed by atoms with Gasteiger partial charge in [-0.25, -0.2) is 0 Å². The van der Waals surface area contributed by atoms with Crippen LogP contribution in [0.25, 0.3) is 0 Å². The molecule has 0 saturated heterocycles. The molecule has 114 valence electrons. The number of rotatable bonds is 7. The molecule has 1 unspecified atom stereocenters. The van der Waals surface area contributed by atoms with Gasteiger partial charge < -0.3 is 15.4 Å². The average Bonchev–Trinajstić information content (AvgIpc) is 2.38. The smallest absolute Gasteiger partial charge is 0.239 e. The van der Waals surface area contributed by atoms with Crippen LogP contribution in [-0.2, 0) is 4.79 Å². The minimum Gasteiger partial charge on any atom is -0.492 e. The number of benzene rings is 1. The maximum Gasteiger partial charge on any atom is 0.239 e. The Kier molecular flexibility index (Phi) is 9.38. The molecule has 0 spiro atoms. The van der Waals surface area contributed by atoms with Gasteiger partial charge in [-0.1, -0.05) is 31.0 Å². The third-order valence-corrected chi connectivity index (χ3v) is 3.02. The van der Waals surface area contributed by atoms with Gasteiger partial charge in [0.15, 0.2) is 0 Å². The van der Waals surface area contributed by atoms with E-state index in [1.807, 2.05) is 19.1 Å². The van der Waals surface area contributed by atoms with Gasteiger partial charge in [-0.05, 0) is 24.6 Å². The van der Waals surface area contributed by atoms with Gasteiger partial charge in [-0.3, -0.25) is 4.79 Å². The second-order valence-corrected chi connectivity index (χ2v) is 4.90. The summed E-state index contributed by atoms with van der Waals surface area (Å²) >= 11 is 5.85. The molecule has 0 heterocycles. The van der Waals surface area contributed by atoms with Crippen LogP contribution >= 0.6 is 24.0 Å². The summed E-state index contributed by atoms with van der Waals surface area (Å²) in [5, 5.41) is 0.631. The predicted octanol–water partition coefficient (Wildman–Crippen LogP) is 2.73. The highest BCUT2D eigenvalue weighted by molar-refractivity contribution is 6.30. The lowest BCUT2D eigenvalue weighted by Crippen LogP contribution is -2.43. The van der Waals surface area contributed by atoms with Crippen LogP contribution in [0.4, 0.5) is 0 Å². The molecule has 0 bridgehead atoms. The van der Waals surface area contributed by atoms with Crippen LogP contribution < -0.4 is 10.5 Å². The van der Waals surface area contributed by atoms with E-state index in [2.05, 4.69) is 0 Å². The molecule has 0 saturated carbocycles. The second-order valence-electron chi connectivity index (χ2n) is 4.46. The number of carbonyl (C=O) groups excluding carboxylic acids is 1. The molecule has 4 nitrogen and oxygen atoms in total. The van der Waals surface area contributed by atoms with E-state index in [-0.39, 0.29) is 18.3 Å². The molecule has 0 fully saturated rings. The van der Waals surface area contributed by atoms with Gasteiger partial charge in [0.1, 0.15) is 12.4 Å². The fourth-order valence-electron chi connectivity index (χ4n) is 1.68. The Morgan fingerprint density at radius 2 is 2.20 bits per heavy atom. The van der Waals surface area contributed by atoms with Crippen molar-refractivity contribution in [1.29, 1.82) is 0 Å². The number of carbonyl (C=O) groups is 1. The van der Waals surface area contributed by atoms with E-state index in [0.29, 0.717) is 30.3 Å². The molecule has 1 atom stereocenters. The van der Waals surface area contributed by atoms with Crippen LogP contribution in [-0.4, -0.2) is 37.0 Å². The van der Waals surface area contributed by atoms with E-state index in [4.69, 9.17) is 22.1 Å². The lowest BCUT2D eigenvalue weighted by molar-refractivity contribution is -0.131. The molecule has 0 radical (unpaired) electrons. The zero-order valence-corrected chi connectivity index (χ0v) is 13.4. The Balaban J connectivity index is 0.00000361. The highest BCUT2D eigenvalue weighted by atomic mass is 35.5. The second kappa shape index (κ2) is 9.86. The molecular weight excluding hydrogens is 299 g/mol. The minimum atomic E-state index is -0.416. The number of amides is 1. The topological polar surface area (TPSA) is 55.6 Å². The first kappa shape index (κ1) is 19.0. The van der Waals surface area contributed by atoms with Crippen LogP contribution in [0.5, 0.6) is 5.75 Å². The molecule has 2 N–H and O–H groups in total. The molecule has 1 aromatic carbocycles. The molecule has 0 aliphatic rings. The number of likely N-dealkylation sites (N-methyl/N-ethyl adjacent to an activating group) is 1. The number of ether oxygens (including phenoxy) is 1. The largest absolute Gasteiger partial charge is 0.492 e. The number of nitrogens with zero attached hydrogens (tertiary/aromatic N) is 1. The summed E-state index contributed by atoms with van der Waals surface area (Å²) in [4.78, 5) is 13.5. The van der Waals surface area contributed by atoms with Crippen molar-refractivity contribution >= 4 is 29.9 Å². The SMILES string of the molecule is CCCC(N)C(=O)N(C)CCOc1cccc(Cl)c1.Cl. The Labute approximate surface area is 131 Å². The van der Waals surface area contributed by atoms with E-state index >= 15 is 0 Å². The molecule has 20 heavy (non-hydrogen) atoms. The minimum absolute atomic E-state index is 0. The van der Waals surface area contributed by atoms with E-state index in [1.54, 1.807) is 24.1 Å². The molecule has 1 amide bonds. The monoisotopic (exact) mass is 320 g/mol. The summed E-state index contributed by atoms with van der Waals surface area (Å²) in [7, 11) is 1.74. The maximum absolute atomic E-state index is 11.9. The third-order valence-electron chi connectivity index (χ3n) is 2.78. The highest BCUT2D eigenvalue weighted by Crippen LogP contribution is 2.16. The van der Waals surface area contributed by atoms with Gasteiger partial charge in [-0.2, -0.15) is 0 Å². The Hall–Kier alpha value is -0.970. The van der Waals surface area contributed by atoms with Crippen LogP contribution in [0, 0.1) is 0 Å². The highest BCUT2D eigenvalue weighted by Gasteiger charge is 2.16. The van der Waals surface area contributed by atoms with Crippen molar-refractivity contribution in [1.82, 2.24) is 4.90 Å². The van der Waals surface area contributed by atoms with E-state index < -0.39 is 6.04 Å². The lowest BCUT2D eigenvalue weighted by atomic mass is 10.1. The third kappa shape index (κ3) is 6.46. The summed E-state index contributed by atoms with van der Waals surface area (Å²) in [6.45, 7) is 2.93. The number of halogens is 2. The molecule has 0 aromatic heterocycles. The zero-order chi connectivity index (χ0) is 14.3. The lowest BCUT2D eigenvalue weighted by Gasteiger charge is -2.21. The Bertz CT molecular complexity index is 416. The molecule has 6 heteroatoms. The Morgan fingerprint density at radius 3 is 2.80 bits per heavy atom. The molecule has 0 aliphatic heterocycles. The first-order valence-corrected chi connectivity index (χ1v) is 6.81. The van der Waals surface area contributed by atoms with Crippen molar-refractivity contribution in [2.75, 3.05) is 20.2 Å². The van der Waals surface area contributed by atoms with Crippen molar-refractivity contribution in [2.24, 2.45) is 5.73 Å². The van der Waals surface area contributed by atoms with Gasteiger partial charge in [0.25, 0.3) is 0 Å². The van der Waals surface area contributed by atoms with Crippen LogP contribution in [0.3, 0.4) is 0 Å². The fraction of sp³-hybridized carbons (Fsp3) is 0.500. The summed E-state index contributed by atoms with van der Waals surface area (Å²) < 4.78 is 5.53. The van der Waals surface area contributed by atoms with Gasteiger partial charge >= 0.3 is 0 Å². The zero-order valence-electron chi connectivity index (χ0n) is 11.8. The summed E-state index contributed by atoms with van der Waals surface area (Å²) in [5.41, 5.74) is 5.78. The van der Waals surface area contributed by atoms with E-state index in [9.17, 15) is 4.79 Å². The van der Waals surface area contributed by atoms with Crippen LogP contribution in [0.2, 0.25) is 5.02 Å². The first-order chi connectivity index (χ1) is 9.04. The molecule has 1 rings (SSSR count). The molecule has 0 aliphatic carbocycles. The van der Waals surface area contributed by atoms with E-state index in [1.165, 1.54) is 0 Å². The van der Waals surface area contributed by atoms with E-state index in [0.717, 1.165) is 6.42 Å². The van der Waals surface area contributed by atoms with Crippen molar-refractivity contribution in [3.8, 4) is 5.75 Å². The van der Waals surface area contributed by atoms with Crippen LogP contribution in [0.1, 0.15) is 19.8 Å². The first-order valence-electron chi connectivity index (χ1n) is 6.43. The number of hydrogen-bond donors (Lipinski definition) is 1. The molecule has 1 aromatic rings. The summed E-state index contributed by atoms with van der Waals surface area (Å²) in [6, 6.07) is 6.77. The predicted molar refractivity (Wildman–Crippen MR) is 84.7 cm³/mol. The van der Waals surface area contributed by atoms with Crippen LogP contribution in [0.15, 0.2) is 24.3 Å². The fourth-order valence-corrected chi connectivity index (χ4v) is 1.87. The van der Waals surface area contributed by atoms with Gasteiger partial charge in [0.2, 0.25) is 5.91 Å². The van der Waals surface area contributed by atoms with Crippen molar-refractivity contribution in [2.45, 2.75) is 25.8 Å². The number of hydrogen-bond acceptors (Lipinski definition) is 3. The van der Waals surface area contributed by atoms with Crippen molar-refractivity contribution < 1.29 is 9.53 Å². The van der Waals surface area contributed by atoms with Gasteiger partial charge in [0.05, 0.1) is 12.6 Å². The van der Waals surface area contributed by atoms with Crippen molar-refractivity contribution in [3.05, 3.63) is 29.3 Å². The normalized spacial score (nSPS) is 11.4. The average molecular weight is 321 g/mol. The quantitative estimate of drug-likeness (QED) is 0.840. The summed E-state index contributed by atoms with van der Waals surface area (Å²) in [5.74, 6) is 0.655. The van der Waals surface area contributed by atoms with Gasteiger partial charge in [0, 0.05) is 12.1 Å². The Morgan fingerprint density at radius 1 is 1.50 bits per heavy atom. The summed E-state index contributed by atoms with van der Waals surface area (Å²) in [6.07, 6.45) is 1.61. The van der Waals surface area contributed by atoms with Gasteiger partial charge in [-0.15, -0.1) is 12.4 Å². The number of nitrogens with two attached hydrogens (primary N) is 1. The maximum atomic E-state index is 11.9. The molecular formula is C14H22Cl2N2O2.